The Kier molecular flexibility index (Phi) is 8.00. The van der Waals surface area contributed by atoms with E-state index in [1.165, 1.54) is 0 Å². The smallest absolute Gasteiger partial charge is 0.349 e. The number of phosphoric ester groups is 1. The maximum Gasteiger partial charge on any atom is 0.469 e. The molecule has 1 aromatic carbocycles. The van der Waals surface area contributed by atoms with Crippen LogP contribution in [-0.4, -0.2) is 48.3 Å². The van der Waals surface area contributed by atoms with E-state index in [-0.39, 0.29) is 42.4 Å². The molecule has 0 heterocycles. The number of hydrogen-bond acceptors (Lipinski definition) is 5. The third-order valence-electron chi connectivity index (χ3n) is 4.51. The number of benzene rings is 1. The minimum Gasteiger partial charge on any atom is -0.349 e. The van der Waals surface area contributed by atoms with Crippen LogP contribution in [0.1, 0.15) is 42.5 Å². The molecule has 0 radical (unpaired) electrons. The molecular weight excluding hydrogens is 393 g/mol. The molecule has 0 saturated heterocycles. The lowest BCUT2D eigenvalue weighted by Crippen LogP contribution is -2.33. The summed E-state index contributed by atoms with van der Waals surface area (Å²) in [7, 11) is -7.74. The zero-order valence-electron chi connectivity index (χ0n) is 15.0. The zero-order valence-corrected chi connectivity index (χ0v) is 16.7. The summed E-state index contributed by atoms with van der Waals surface area (Å²) in [6, 6.07) is 8.89. The van der Waals surface area contributed by atoms with Crippen molar-refractivity contribution in [1.29, 1.82) is 0 Å². The number of unbranched alkanes of at least 4 members (excludes halogenated alkanes) is 1. The van der Waals surface area contributed by atoms with Gasteiger partial charge in [0.25, 0.3) is 5.91 Å². The van der Waals surface area contributed by atoms with Gasteiger partial charge in [0.2, 0.25) is 0 Å². The molecule has 2 atom stereocenters. The minimum absolute atomic E-state index is 0.0161. The van der Waals surface area contributed by atoms with E-state index in [9.17, 15) is 17.8 Å². The first-order valence-electron chi connectivity index (χ1n) is 8.91. The summed E-state index contributed by atoms with van der Waals surface area (Å²) in [6.07, 6.45) is 2.71. The van der Waals surface area contributed by atoms with Gasteiger partial charge in [-0.25, -0.2) is 13.0 Å². The van der Waals surface area contributed by atoms with E-state index >= 15 is 0 Å². The number of amides is 1. The summed E-state index contributed by atoms with van der Waals surface area (Å²) in [5.74, 6) is -0.0874. The van der Waals surface area contributed by atoms with E-state index in [0.717, 1.165) is 12.8 Å². The van der Waals surface area contributed by atoms with Crippen molar-refractivity contribution in [2.75, 3.05) is 18.1 Å². The maximum absolute atomic E-state index is 12.2. The van der Waals surface area contributed by atoms with Crippen molar-refractivity contribution in [2.24, 2.45) is 5.92 Å². The predicted molar refractivity (Wildman–Crippen MR) is 101 cm³/mol. The van der Waals surface area contributed by atoms with E-state index in [4.69, 9.17) is 9.79 Å². The second kappa shape index (κ2) is 9.80. The molecule has 1 amide bonds. The molecule has 2 rings (SSSR count). The number of sulfone groups is 1. The quantitative estimate of drug-likeness (QED) is 0.390. The molecule has 1 aromatic rings. The van der Waals surface area contributed by atoms with Crippen LogP contribution in [-0.2, 0) is 18.9 Å². The average molecular weight is 419 g/mol. The Balaban J connectivity index is 1.70. The molecular formula is C17H26NO7PS. The first-order valence-corrected chi connectivity index (χ1v) is 12.3. The number of carbonyl (C=O) groups is 1. The Morgan fingerprint density at radius 2 is 1.89 bits per heavy atom. The fourth-order valence-corrected chi connectivity index (χ4v) is 5.46. The Labute approximate surface area is 159 Å². The lowest BCUT2D eigenvalue weighted by atomic mass is 10.1. The van der Waals surface area contributed by atoms with Crippen LogP contribution in [0.3, 0.4) is 0 Å². The van der Waals surface area contributed by atoms with Gasteiger partial charge in [-0.1, -0.05) is 18.2 Å². The Morgan fingerprint density at radius 3 is 2.56 bits per heavy atom. The van der Waals surface area contributed by atoms with Crippen molar-refractivity contribution >= 4 is 23.6 Å². The molecule has 3 N–H and O–H groups in total. The van der Waals surface area contributed by atoms with Crippen LogP contribution >= 0.6 is 7.82 Å². The highest BCUT2D eigenvalue weighted by Gasteiger charge is 2.29. The van der Waals surface area contributed by atoms with Gasteiger partial charge in [-0.2, -0.15) is 0 Å². The Morgan fingerprint density at radius 1 is 1.19 bits per heavy atom. The van der Waals surface area contributed by atoms with Crippen molar-refractivity contribution < 1.29 is 32.1 Å². The minimum atomic E-state index is -4.50. The number of carbonyl (C=O) groups excluding carboxylic acids is 1. The normalized spacial score (nSPS) is 20.5. The van der Waals surface area contributed by atoms with Crippen LogP contribution in [0.25, 0.3) is 0 Å². The van der Waals surface area contributed by atoms with Crippen molar-refractivity contribution in [3.05, 3.63) is 35.9 Å². The molecule has 0 bridgehead atoms. The van der Waals surface area contributed by atoms with E-state index in [2.05, 4.69) is 9.84 Å². The first-order chi connectivity index (χ1) is 12.6. The van der Waals surface area contributed by atoms with Crippen molar-refractivity contribution in [3.8, 4) is 0 Å². The second-order valence-corrected chi connectivity index (χ2v) is 10.3. The largest absolute Gasteiger partial charge is 0.469 e. The number of nitrogens with one attached hydrogen (secondary N) is 1. The summed E-state index contributed by atoms with van der Waals surface area (Å²) >= 11 is 0. The molecule has 0 spiro atoms. The fourth-order valence-electron chi connectivity index (χ4n) is 3.27. The van der Waals surface area contributed by atoms with Gasteiger partial charge in [0, 0.05) is 11.6 Å². The molecule has 1 saturated carbocycles. The standard InChI is InChI=1S/C17H26NO7PS/c19-17(15-6-2-1-3-7-15)18-16-9-8-14(12-16)13-27(23,24)11-5-4-10-25-26(20,21)22/h1-3,6-7,14,16H,4-5,8-13H2,(H,18,19)(H2,20,21,22). The van der Waals surface area contributed by atoms with Crippen molar-refractivity contribution in [2.45, 2.75) is 38.1 Å². The fraction of sp³-hybridized carbons (Fsp3) is 0.588. The lowest BCUT2D eigenvalue weighted by Gasteiger charge is -2.14. The van der Waals surface area contributed by atoms with E-state index in [1.807, 2.05) is 6.07 Å². The van der Waals surface area contributed by atoms with Crippen LogP contribution in [0.2, 0.25) is 0 Å². The maximum atomic E-state index is 12.2. The SMILES string of the molecule is O=C(NC1CCC(CS(=O)(=O)CCCCOP(=O)(O)O)C1)c1ccccc1. The highest BCUT2D eigenvalue weighted by atomic mass is 32.2. The van der Waals surface area contributed by atoms with Crippen LogP contribution in [0.15, 0.2) is 30.3 Å². The van der Waals surface area contributed by atoms with Crippen LogP contribution in [0, 0.1) is 5.92 Å². The molecule has 0 aliphatic heterocycles. The van der Waals surface area contributed by atoms with E-state index in [0.29, 0.717) is 18.4 Å². The van der Waals surface area contributed by atoms with Gasteiger partial charge < -0.3 is 15.1 Å². The van der Waals surface area contributed by atoms with E-state index < -0.39 is 17.7 Å². The van der Waals surface area contributed by atoms with Gasteiger partial charge in [-0.05, 0) is 50.2 Å². The highest BCUT2D eigenvalue weighted by Crippen LogP contribution is 2.35. The molecule has 152 valence electrons. The summed E-state index contributed by atoms with van der Waals surface area (Å²) in [5, 5.41) is 2.96. The molecule has 1 aliphatic carbocycles. The summed E-state index contributed by atoms with van der Waals surface area (Å²) in [5.41, 5.74) is 0.589. The second-order valence-electron chi connectivity index (χ2n) is 6.86. The van der Waals surface area contributed by atoms with Gasteiger partial charge in [0.1, 0.15) is 0 Å². The van der Waals surface area contributed by atoms with E-state index in [1.54, 1.807) is 24.3 Å². The zero-order chi connectivity index (χ0) is 19.9. The Hall–Kier alpha value is -1.25. The number of hydrogen-bond donors (Lipinski definition) is 3. The molecule has 2 unspecified atom stereocenters. The molecule has 10 heteroatoms. The molecule has 8 nitrogen and oxygen atoms in total. The third kappa shape index (κ3) is 8.53. The monoisotopic (exact) mass is 419 g/mol. The summed E-state index contributed by atoms with van der Waals surface area (Å²) in [4.78, 5) is 29.3. The summed E-state index contributed by atoms with van der Waals surface area (Å²) < 4.78 is 39.3. The highest BCUT2D eigenvalue weighted by molar-refractivity contribution is 7.91. The first kappa shape index (κ1) is 22.0. The lowest BCUT2D eigenvalue weighted by molar-refractivity contribution is 0.0937. The summed E-state index contributed by atoms with van der Waals surface area (Å²) in [6.45, 7) is -0.170. The Bertz CT molecular complexity index is 763. The molecule has 1 aliphatic rings. The van der Waals surface area contributed by atoms with Crippen LogP contribution < -0.4 is 5.32 Å². The van der Waals surface area contributed by atoms with Crippen LogP contribution in [0.5, 0.6) is 0 Å². The molecule has 0 aromatic heterocycles. The van der Waals surface area contributed by atoms with Crippen molar-refractivity contribution in [3.63, 3.8) is 0 Å². The third-order valence-corrected chi connectivity index (χ3v) is 6.92. The van der Waals surface area contributed by atoms with Gasteiger partial charge in [0.15, 0.2) is 9.84 Å². The van der Waals surface area contributed by atoms with Crippen LogP contribution in [0.4, 0.5) is 0 Å². The number of phosphoric acid groups is 1. The number of rotatable bonds is 10. The van der Waals surface area contributed by atoms with Gasteiger partial charge in [-0.3, -0.25) is 9.32 Å². The van der Waals surface area contributed by atoms with Gasteiger partial charge in [-0.15, -0.1) is 0 Å². The predicted octanol–water partition coefficient (Wildman–Crippen LogP) is 1.89. The topological polar surface area (TPSA) is 130 Å². The van der Waals surface area contributed by atoms with Gasteiger partial charge in [0.05, 0.1) is 18.1 Å². The van der Waals surface area contributed by atoms with Gasteiger partial charge >= 0.3 is 7.82 Å². The average Bonchev–Trinajstić information content (AvgIpc) is 3.00. The molecule has 1 fully saturated rings. The molecule has 27 heavy (non-hydrogen) atoms. The van der Waals surface area contributed by atoms with Crippen molar-refractivity contribution in [1.82, 2.24) is 5.32 Å².